The molecule has 0 aromatic carbocycles. The summed E-state index contributed by atoms with van der Waals surface area (Å²) >= 11 is 0. The van der Waals surface area contributed by atoms with E-state index in [1.54, 1.807) is 6.92 Å². The molecule has 33 heavy (non-hydrogen) atoms. The molecule has 0 bridgehead atoms. The summed E-state index contributed by atoms with van der Waals surface area (Å²) in [6.07, 6.45) is 7.50. The lowest BCUT2D eigenvalue weighted by Gasteiger charge is -2.06. The van der Waals surface area contributed by atoms with Gasteiger partial charge in [0.25, 0.3) is 0 Å². The highest BCUT2D eigenvalue weighted by atomic mass is 16.5. The number of methoxy groups -OCH3 is 1. The highest BCUT2D eigenvalue weighted by Gasteiger charge is 2.11. The molecule has 4 N–H and O–H groups in total. The number of likely N-dealkylation sites (N-methyl/N-ethyl adjacent to an activating group) is 1. The van der Waals surface area contributed by atoms with Gasteiger partial charge < -0.3 is 30.7 Å². The molecule has 0 atom stereocenters. The Morgan fingerprint density at radius 3 is 1.97 bits per heavy atom. The zero-order valence-corrected chi connectivity index (χ0v) is 18.9. The SMILES string of the molecule is CCNC(=O)C(=O)NC/C=C/C(=O)OCCCCCNC(=O)C(=O)NCC/C=C/C(=O)OC. The van der Waals surface area contributed by atoms with Crippen LogP contribution in [0.4, 0.5) is 0 Å². The maximum absolute atomic E-state index is 11.6. The second-order valence-corrected chi connectivity index (χ2v) is 6.43. The summed E-state index contributed by atoms with van der Waals surface area (Å²) in [4.78, 5) is 68.1. The van der Waals surface area contributed by atoms with Crippen molar-refractivity contribution >= 4 is 35.6 Å². The molecule has 0 saturated heterocycles. The van der Waals surface area contributed by atoms with Crippen molar-refractivity contribution < 1.29 is 38.2 Å². The van der Waals surface area contributed by atoms with E-state index in [2.05, 4.69) is 26.0 Å². The third-order valence-electron chi connectivity index (χ3n) is 3.79. The van der Waals surface area contributed by atoms with Crippen LogP contribution in [0, 0.1) is 0 Å². The second-order valence-electron chi connectivity index (χ2n) is 6.43. The number of rotatable bonds is 14. The van der Waals surface area contributed by atoms with Crippen LogP contribution in [0.2, 0.25) is 0 Å². The first-order valence-electron chi connectivity index (χ1n) is 10.5. The molecule has 12 nitrogen and oxygen atoms in total. The number of amides is 4. The van der Waals surface area contributed by atoms with Gasteiger partial charge in [-0.1, -0.05) is 12.2 Å². The Hall–Kier alpha value is -3.70. The second kappa shape index (κ2) is 19.0. The molecular formula is C21H32N4O8. The molecule has 0 unspecified atom stereocenters. The van der Waals surface area contributed by atoms with Crippen LogP contribution in [0.3, 0.4) is 0 Å². The number of ether oxygens (including phenoxy) is 2. The Labute approximate surface area is 192 Å². The van der Waals surface area contributed by atoms with Crippen molar-refractivity contribution in [3.05, 3.63) is 24.3 Å². The summed E-state index contributed by atoms with van der Waals surface area (Å²) in [5.74, 6) is -4.10. The van der Waals surface area contributed by atoms with Crippen LogP contribution in [0.25, 0.3) is 0 Å². The van der Waals surface area contributed by atoms with E-state index in [1.807, 2.05) is 0 Å². The molecule has 4 amide bonds. The molecular weight excluding hydrogens is 436 g/mol. The van der Waals surface area contributed by atoms with Crippen LogP contribution in [-0.2, 0) is 38.2 Å². The van der Waals surface area contributed by atoms with Crippen LogP contribution < -0.4 is 21.3 Å². The molecule has 0 fully saturated rings. The molecule has 0 heterocycles. The van der Waals surface area contributed by atoms with Crippen LogP contribution in [0.15, 0.2) is 24.3 Å². The van der Waals surface area contributed by atoms with Crippen molar-refractivity contribution in [1.29, 1.82) is 0 Å². The summed E-state index contributed by atoms with van der Waals surface area (Å²) in [5.41, 5.74) is 0. The summed E-state index contributed by atoms with van der Waals surface area (Å²) < 4.78 is 9.40. The number of hydrogen-bond acceptors (Lipinski definition) is 8. The normalized spacial score (nSPS) is 10.5. The van der Waals surface area contributed by atoms with E-state index in [-0.39, 0.29) is 19.7 Å². The average Bonchev–Trinajstić information content (AvgIpc) is 2.80. The molecule has 0 rings (SSSR count). The van der Waals surface area contributed by atoms with E-state index in [0.717, 1.165) is 6.08 Å². The van der Waals surface area contributed by atoms with Crippen LogP contribution in [-0.4, -0.2) is 75.5 Å². The van der Waals surface area contributed by atoms with Crippen molar-refractivity contribution in [3.63, 3.8) is 0 Å². The number of carbonyl (C=O) groups excluding carboxylic acids is 6. The van der Waals surface area contributed by atoms with Gasteiger partial charge in [0.15, 0.2) is 0 Å². The molecule has 0 aliphatic rings. The predicted molar refractivity (Wildman–Crippen MR) is 117 cm³/mol. The Morgan fingerprint density at radius 1 is 0.697 bits per heavy atom. The maximum atomic E-state index is 11.6. The molecule has 0 radical (unpaired) electrons. The molecule has 0 aromatic rings. The minimum Gasteiger partial charge on any atom is -0.466 e. The van der Waals surface area contributed by atoms with Crippen molar-refractivity contribution in [2.75, 3.05) is 39.9 Å². The van der Waals surface area contributed by atoms with Crippen LogP contribution >= 0.6 is 0 Å². The van der Waals surface area contributed by atoms with Gasteiger partial charge >= 0.3 is 35.6 Å². The Morgan fingerprint density at radius 2 is 1.30 bits per heavy atom. The number of esters is 2. The molecule has 0 spiro atoms. The highest BCUT2D eigenvalue weighted by Crippen LogP contribution is 1.96. The molecule has 0 aromatic heterocycles. The lowest BCUT2D eigenvalue weighted by atomic mass is 10.2. The van der Waals surface area contributed by atoms with Gasteiger partial charge in [-0.3, -0.25) is 19.2 Å². The van der Waals surface area contributed by atoms with Crippen molar-refractivity contribution in [3.8, 4) is 0 Å². The van der Waals surface area contributed by atoms with Gasteiger partial charge in [0.05, 0.1) is 13.7 Å². The van der Waals surface area contributed by atoms with E-state index in [9.17, 15) is 28.8 Å². The quantitative estimate of drug-likeness (QED) is 0.107. The molecule has 12 heteroatoms. The smallest absolute Gasteiger partial charge is 0.330 e. The summed E-state index contributed by atoms with van der Waals surface area (Å²) in [5, 5.41) is 9.58. The first kappa shape index (κ1) is 29.3. The fourth-order valence-electron chi connectivity index (χ4n) is 2.13. The molecule has 184 valence electrons. The fraction of sp³-hybridized carbons (Fsp3) is 0.524. The predicted octanol–water partition coefficient (Wildman–Crippen LogP) is -1.14. The van der Waals surface area contributed by atoms with E-state index in [4.69, 9.17) is 4.74 Å². The summed E-state index contributed by atoms with van der Waals surface area (Å²) in [6.45, 7) is 2.74. The monoisotopic (exact) mass is 468 g/mol. The minimum absolute atomic E-state index is 0.0164. The van der Waals surface area contributed by atoms with Gasteiger partial charge in [-0.2, -0.15) is 0 Å². The summed E-state index contributed by atoms with van der Waals surface area (Å²) in [7, 11) is 1.26. The first-order chi connectivity index (χ1) is 15.8. The maximum Gasteiger partial charge on any atom is 0.330 e. The zero-order chi connectivity index (χ0) is 24.9. The molecule has 0 saturated carbocycles. The lowest BCUT2D eigenvalue weighted by molar-refractivity contribution is -0.139. The van der Waals surface area contributed by atoms with Gasteiger partial charge in [0.2, 0.25) is 0 Å². The molecule has 0 aliphatic carbocycles. The van der Waals surface area contributed by atoms with Gasteiger partial charge in [-0.15, -0.1) is 0 Å². The van der Waals surface area contributed by atoms with Crippen molar-refractivity contribution in [2.24, 2.45) is 0 Å². The number of carbonyl (C=O) groups is 6. The Balaban J connectivity index is 3.72. The van der Waals surface area contributed by atoms with E-state index in [1.165, 1.54) is 25.3 Å². The topological polar surface area (TPSA) is 169 Å². The van der Waals surface area contributed by atoms with Gasteiger partial charge in [0, 0.05) is 38.3 Å². The number of nitrogens with one attached hydrogen (secondary N) is 4. The van der Waals surface area contributed by atoms with Crippen LogP contribution in [0.5, 0.6) is 0 Å². The Kier molecular flexibility index (Phi) is 16.9. The fourth-order valence-corrected chi connectivity index (χ4v) is 2.13. The largest absolute Gasteiger partial charge is 0.466 e. The Bertz CT molecular complexity index is 734. The highest BCUT2D eigenvalue weighted by molar-refractivity contribution is 6.35. The van der Waals surface area contributed by atoms with E-state index in [0.29, 0.717) is 38.8 Å². The standard InChI is InChI=1S/C21H32N4O8/c1-3-22-18(28)19(29)25-14-9-11-17(27)33-15-8-4-6-12-23-20(30)21(31)24-13-7-5-10-16(26)32-2/h5,9-11H,3-4,6-8,12-15H2,1-2H3,(H,22,28)(H,23,30)(H,24,31)(H,25,29)/b10-5+,11-9+. The zero-order valence-electron chi connectivity index (χ0n) is 18.9. The third-order valence-corrected chi connectivity index (χ3v) is 3.79. The minimum atomic E-state index is -0.785. The molecule has 0 aliphatic heterocycles. The van der Waals surface area contributed by atoms with Crippen molar-refractivity contribution in [1.82, 2.24) is 21.3 Å². The number of hydrogen-bond donors (Lipinski definition) is 4. The number of unbranched alkanes of at least 4 members (excludes halogenated alkanes) is 2. The third kappa shape index (κ3) is 16.6. The van der Waals surface area contributed by atoms with Gasteiger partial charge in [-0.25, -0.2) is 9.59 Å². The van der Waals surface area contributed by atoms with Gasteiger partial charge in [0.1, 0.15) is 0 Å². The van der Waals surface area contributed by atoms with E-state index < -0.39 is 35.6 Å². The lowest BCUT2D eigenvalue weighted by Crippen LogP contribution is -2.40. The van der Waals surface area contributed by atoms with E-state index >= 15 is 0 Å². The van der Waals surface area contributed by atoms with Crippen LogP contribution in [0.1, 0.15) is 32.6 Å². The van der Waals surface area contributed by atoms with Gasteiger partial charge in [-0.05, 0) is 32.6 Å². The first-order valence-corrected chi connectivity index (χ1v) is 10.5. The van der Waals surface area contributed by atoms with Crippen molar-refractivity contribution in [2.45, 2.75) is 32.6 Å². The summed E-state index contributed by atoms with van der Waals surface area (Å²) in [6, 6.07) is 0. The average molecular weight is 469 g/mol.